The van der Waals surface area contributed by atoms with Crippen molar-refractivity contribution < 1.29 is 23.8 Å². The van der Waals surface area contributed by atoms with Crippen molar-refractivity contribution in [3.63, 3.8) is 0 Å². The third kappa shape index (κ3) is 2.42. The number of carbonyl (C=O) groups is 1. The average Bonchev–Trinajstić information content (AvgIpc) is 2.47. The predicted octanol–water partition coefficient (Wildman–Crippen LogP) is 0.283. The van der Waals surface area contributed by atoms with Crippen molar-refractivity contribution in [3.05, 3.63) is 0 Å². The van der Waals surface area contributed by atoms with Crippen LogP contribution in [0, 0.1) is 5.92 Å². The molecule has 1 saturated heterocycles. The van der Waals surface area contributed by atoms with Crippen molar-refractivity contribution in [1.82, 2.24) is 0 Å². The molecule has 1 heterocycles. The fourth-order valence-electron chi connectivity index (χ4n) is 1.21. The number of ether oxygens (including phenoxy) is 2. The Kier molecular flexibility index (Phi) is 3.83. The van der Waals surface area contributed by atoms with Gasteiger partial charge in [-0.2, -0.15) is 0 Å². The summed E-state index contributed by atoms with van der Waals surface area (Å²) in [6, 6.07) is 0. The molecule has 0 aromatic rings. The lowest BCUT2D eigenvalue weighted by molar-refractivity contribution is -0.158. The number of aliphatic hydroxyl groups is 1. The highest BCUT2D eigenvalue weighted by Gasteiger charge is 2.40. The summed E-state index contributed by atoms with van der Waals surface area (Å²) in [5.74, 6) is -0.774. The van der Waals surface area contributed by atoms with Gasteiger partial charge in [-0.1, -0.05) is 13.8 Å². The summed E-state index contributed by atoms with van der Waals surface area (Å²) in [5.41, 5.74) is 0. The molecule has 0 aromatic heterocycles. The van der Waals surface area contributed by atoms with Gasteiger partial charge in [0.1, 0.15) is 6.10 Å². The van der Waals surface area contributed by atoms with Gasteiger partial charge in [0.2, 0.25) is 0 Å². The van der Waals surface area contributed by atoms with Crippen LogP contribution < -0.4 is 0 Å². The molecule has 1 aliphatic rings. The Hall–Kier alpha value is -0.680. The van der Waals surface area contributed by atoms with Crippen molar-refractivity contribution in [2.75, 3.05) is 13.2 Å². The van der Waals surface area contributed by atoms with Gasteiger partial charge >= 0.3 is 5.97 Å². The van der Waals surface area contributed by atoms with Gasteiger partial charge in [0.25, 0.3) is 0 Å². The summed E-state index contributed by atoms with van der Waals surface area (Å²) < 4.78 is 22.9. The van der Waals surface area contributed by atoms with Crippen LogP contribution >= 0.6 is 0 Å². The Labute approximate surface area is 82.0 Å². The SMILES string of the molecule is CC(C)C(=O)OC1C(F)COC1CO. The van der Waals surface area contributed by atoms with Crippen molar-refractivity contribution in [2.24, 2.45) is 5.92 Å². The largest absolute Gasteiger partial charge is 0.456 e. The average molecular weight is 206 g/mol. The summed E-state index contributed by atoms with van der Waals surface area (Å²) >= 11 is 0. The second-order valence-corrected chi connectivity index (χ2v) is 3.63. The Morgan fingerprint density at radius 1 is 1.71 bits per heavy atom. The molecule has 0 radical (unpaired) electrons. The predicted molar refractivity (Wildman–Crippen MR) is 46.4 cm³/mol. The number of carbonyl (C=O) groups excluding carboxylic acids is 1. The van der Waals surface area contributed by atoms with E-state index in [1.807, 2.05) is 0 Å². The lowest BCUT2D eigenvalue weighted by Crippen LogP contribution is -2.36. The van der Waals surface area contributed by atoms with Gasteiger partial charge in [0.15, 0.2) is 12.3 Å². The second-order valence-electron chi connectivity index (χ2n) is 3.63. The third-order valence-electron chi connectivity index (χ3n) is 2.10. The van der Waals surface area contributed by atoms with E-state index in [1.54, 1.807) is 13.8 Å². The van der Waals surface area contributed by atoms with Crippen LogP contribution in [-0.4, -0.2) is 42.7 Å². The Morgan fingerprint density at radius 3 is 2.86 bits per heavy atom. The third-order valence-corrected chi connectivity index (χ3v) is 2.10. The number of aliphatic hydroxyl groups excluding tert-OH is 1. The number of esters is 1. The first-order chi connectivity index (χ1) is 6.56. The molecule has 82 valence electrons. The number of hydrogen-bond donors (Lipinski definition) is 1. The quantitative estimate of drug-likeness (QED) is 0.674. The monoisotopic (exact) mass is 206 g/mol. The molecular formula is C9H15FO4. The van der Waals surface area contributed by atoms with Crippen LogP contribution in [0.25, 0.3) is 0 Å². The van der Waals surface area contributed by atoms with Crippen LogP contribution in [0.15, 0.2) is 0 Å². The van der Waals surface area contributed by atoms with Crippen molar-refractivity contribution in [2.45, 2.75) is 32.2 Å². The molecule has 1 N–H and O–H groups in total. The fraction of sp³-hybridized carbons (Fsp3) is 0.889. The minimum absolute atomic E-state index is 0.124. The molecule has 1 aliphatic heterocycles. The summed E-state index contributed by atoms with van der Waals surface area (Å²) in [6.45, 7) is 2.87. The highest BCUT2D eigenvalue weighted by atomic mass is 19.1. The normalized spacial score (nSPS) is 32.2. The summed E-state index contributed by atoms with van der Waals surface area (Å²) in [4.78, 5) is 11.2. The molecule has 0 spiro atoms. The van der Waals surface area contributed by atoms with Crippen LogP contribution in [-0.2, 0) is 14.3 Å². The minimum atomic E-state index is -1.34. The van der Waals surface area contributed by atoms with E-state index in [0.29, 0.717) is 0 Å². The maximum Gasteiger partial charge on any atom is 0.308 e. The number of halogens is 1. The van der Waals surface area contributed by atoms with Gasteiger partial charge < -0.3 is 14.6 Å². The van der Waals surface area contributed by atoms with Crippen LogP contribution in [0.4, 0.5) is 4.39 Å². The molecule has 0 bridgehead atoms. The lowest BCUT2D eigenvalue weighted by atomic mass is 10.1. The smallest absolute Gasteiger partial charge is 0.308 e. The van der Waals surface area contributed by atoms with Crippen LogP contribution in [0.3, 0.4) is 0 Å². The van der Waals surface area contributed by atoms with Gasteiger partial charge in [-0.15, -0.1) is 0 Å². The molecule has 1 rings (SSSR count). The van der Waals surface area contributed by atoms with E-state index in [2.05, 4.69) is 0 Å². The Morgan fingerprint density at radius 2 is 2.36 bits per heavy atom. The Balaban J connectivity index is 2.52. The first-order valence-electron chi connectivity index (χ1n) is 4.63. The minimum Gasteiger partial charge on any atom is -0.456 e. The van der Waals surface area contributed by atoms with Crippen LogP contribution in [0.2, 0.25) is 0 Å². The maximum atomic E-state index is 13.1. The first-order valence-corrected chi connectivity index (χ1v) is 4.63. The van der Waals surface area contributed by atoms with E-state index < -0.39 is 24.3 Å². The zero-order chi connectivity index (χ0) is 10.7. The van der Waals surface area contributed by atoms with Crippen molar-refractivity contribution in [3.8, 4) is 0 Å². The van der Waals surface area contributed by atoms with Crippen LogP contribution in [0.1, 0.15) is 13.8 Å². The molecule has 3 atom stereocenters. The molecule has 1 fully saturated rings. The first kappa shape index (κ1) is 11.4. The standard InChI is InChI=1S/C9H15FO4/c1-5(2)9(12)14-8-6(10)4-13-7(8)3-11/h5-8,11H,3-4H2,1-2H3. The fourth-order valence-corrected chi connectivity index (χ4v) is 1.21. The Bertz CT molecular complexity index is 207. The van der Waals surface area contributed by atoms with E-state index in [1.165, 1.54) is 0 Å². The molecular weight excluding hydrogens is 191 g/mol. The molecule has 14 heavy (non-hydrogen) atoms. The molecule has 0 aliphatic carbocycles. The van der Waals surface area contributed by atoms with Crippen LogP contribution in [0.5, 0.6) is 0 Å². The van der Waals surface area contributed by atoms with E-state index >= 15 is 0 Å². The summed E-state index contributed by atoms with van der Waals surface area (Å²) in [6.07, 6.45) is -3.03. The molecule has 4 nitrogen and oxygen atoms in total. The highest BCUT2D eigenvalue weighted by Crippen LogP contribution is 2.21. The van der Waals surface area contributed by atoms with Gasteiger partial charge in [0, 0.05) is 0 Å². The molecule has 0 saturated carbocycles. The van der Waals surface area contributed by atoms with E-state index in [-0.39, 0.29) is 19.1 Å². The van der Waals surface area contributed by atoms with Gasteiger partial charge in [-0.25, -0.2) is 4.39 Å². The van der Waals surface area contributed by atoms with Gasteiger partial charge in [0.05, 0.1) is 19.1 Å². The van der Waals surface area contributed by atoms with Crippen molar-refractivity contribution in [1.29, 1.82) is 0 Å². The molecule has 3 unspecified atom stereocenters. The van der Waals surface area contributed by atoms with E-state index in [9.17, 15) is 9.18 Å². The van der Waals surface area contributed by atoms with E-state index in [0.717, 1.165) is 0 Å². The molecule has 5 heteroatoms. The van der Waals surface area contributed by atoms with Gasteiger partial charge in [-0.05, 0) is 0 Å². The molecule has 0 aromatic carbocycles. The van der Waals surface area contributed by atoms with E-state index in [4.69, 9.17) is 14.6 Å². The summed E-state index contributed by atoms with van der Waals surface area (Å²) in [7, 11) is 0. The molecule has 0 amide bonds. The topological polar surface area (TPSA) is 55.8 Å². The number of alkyl halides is 1. The zero-order valence-electron chi connectivity index (χ0n) is 8.27. The number of rotatable bonds is 3. The lowest BCUT2D eigenvalue weighted by Gasteiger charge is -2.19. The highest BCUT2D eigenvalue weighted by molar-refractivity contribution is 5.71. The van der Waals surface area contributed by atoms with Gasteiger partial charge in [-0.3, -0.25) is 4.79 Å². The van der Waals surface area contributed by atoms with Crippen molar-refractivity contribution >= 4 is 5.97 Å². The zero-order valence-corrected chi connectivity index (χ0v) is 8.27. The summed E-state index contributed by atoms with van der Waals surface area (Å²) in [5, 5.41) is 8.82. The second kappa shape index (κ2) is 4.70. The maximum absolute atomic E-state index is 13.1. The number of hydrogen-bond acceptors (Lipinski definition) is 4.